The van der Waals surface area contributed by atoms with Crippen LogP contribution in [0.25, 0.3) is 0 Å². The van der Waals surface area contributed by atoms with Gasteiger partial charge < -0.3 is 21.3 Å². The van der Waals surface area contributed by atoms with Crippen LogP contribution in [0.5, 0.6) is 0 Å². The lowest BCUT2D eigenvalue weighted by Gasteiger charge is -2.17. The normalized spacial score (nSPS) is 19.3. The Morgan fingerprint density at radius 2 is 2.07 bits per heavy atom. The van der Waals surface area contributed by atoms with Gasteiger partial charge in [-0.15, -0.1) is 0 Å². The molecule has 0 aromatic rings. The first kappa shape index (κ1) is 11.9. The van der Waals surface area contributed by atoms with Gasteiger partial charge in [-0.3, -0.25) is 4.79 Å². The fourth-order valence-electron chi connectivity index (χ4n) is 1.37. The molecule has 1 aliphatic rings. The zero-order valence-electron chi connectivity index (χ0n) is 8.40. The van der Waals surface area contributed by atoms with Crippen molar-refractivity contribution in [1.82, 2.24) is 5.32 Å². The fourth-order valence-corrected chi connectivity index (χ4v) is 1.37. The van der Waals surface area contributed by atoms with Gasteiger partial charge in [0, 0.05) is 19.6 Å². The molecule has 0 unspecified atom stereocenters. The first-order valence-corrected chi connectivity index (χ1v) is 4.90. The van der Waals surface area contributed by atoms with Crippen LogP contribution in [0.1, 0.15) is 19.3 Å². The van der Waals surface area contributed by atoms with Gasteiger partial charge in [0.1, 0.15) is 6.04 Å². The maximum absolute atomic E-state index is 11.6. The van der Waals surface area contributed by atoms with E-state index in [9.17, 15) is 9.59 Å². The minimum absolute atomic E-state index is 0.0156. The van der Waals surface area contributed by atoms with Gasteiger partial charge in [0.25, 0.3) is 0 Å². The van der Waals surface area contributed by atoms with Crippen molar-refractivity contribution < 1.29 is 19.8 Å². The molecule has 6 heteroatoms. The predicted molar refractivity (Wildman–Crippen MR) is 52.0 cm³/mol. The average Bonchev–Trinajstić information content (AvgIpc) is 2.97. The quantitative estimate of drug-likeness (QED) is 0.439. The van der Waals surface area contributed by atoms with Gasteiger partial charge in [0.2, 0.25) is 5.91 Å². The number of rotatable bonds is 6. The molecular weight excluding hydrogens is 200 g/mol. The number of aliphatic carboxylic acids is 1. The Hall–Kier alpha value is -1.14. The maximum atomic E-state index is 11.6. The molecule has 0 aliphatic heterocycles. The number of aliphatic hydroxyl groups is 1. The van der Waals surface area contributed by atoms with E-state index in [0.717, 1.165) is 0 Å². The van der Waals surface area contributed by atoms with Crippen LogP contribution < -0.4 is 11.1 Å². The molecule has 0 saturated heterocycles. The molecule has 0 bridgehead atoms. The summed E-state index contributed by atoms with van der Waals surface area (Å²) in [5, 5.41) is 19.8. The number of nitrogens with one attached hydrogen (secondary N) is 1. The van der Waals surface area contributed by atoms with Crippen LogP contribution >= 0.6 is 0 Å². The monoisotopic (exact) mass is 216 g/mol. The molecule has 1 rings (SSSR count). The van der Waals surface area contributed by atoms with E-state index in [1.54, 1.807) is 0 Å². The van der Waals surface area contributed by atoms with E-state index in [2.05, 4.69) is 5.32 Å². The fraction of sp³-hybridized carbons (Fsp3) is 0.778. The van der Waals surface area contributed by atoms with Gasteiger partial charge in [-0.25, -0.2) is 4.79 Å². The molecular formula is C9H16N2O4. The summed E-state index contributed by atoms with van der Waals surface area (Å²) in [6, 6.07) is -1.02. The Labute approximate surface area is 87.5 Å². The third-order valence-corrected chi connectivity index (χ3v) is 2.75. The third-order valence-electron chi connectivity index (χ3n) is 2.75. The number of hydrogen-bond donors (Lipinski definition) is 4. The van der Waals surface area contributed by atoms with Gasteiger partial charge in [-0.1, -0.05) is 0 Å². The number of hydrogen-bond acceptors (Lipinski definition) is 4. The summed E-state index contributed by atoms with van der Waals surface area (Å²) in [5.74, 6) is -1.45. The highest BCUT2D eigenvalue weighted by atomic mass is 16.4. The minimum Gasteiger partial charge on any atom is -0.480 e. The Kier molecular flexibility index (Phi) is 3.65. The zero-order valence-corrected chi connectivity index (χ0v) is 8.40. The smallest absolute Gasteiger partial charge is 0.326 e. The number of carboxylic acids is 1. The summed E-state index contributed by atoms with van der Waals surface area (Å²) in [5.41, 5.74) is 4.89. The largest absolute Gasteiger partial charge is 0.480 e. The molecule has 1 atom stereocenters. The first-order valence-electron chi connectivity index (χ1n) is 4.90. The highest BCUT2D eigenvalue weighted by Crippen LogP contribution is 2.44. The molecule has 86 valence electrons. The van der Waals surface area contributed by atoms with Gasteiger partial charge in [-0.05, 0) is 12.8 Å². The molecule has 0 radical (unpaired) electrons. The van der Waals surface area contributed by atoms with Crippen molar-refractivity contribution in [3.63, 3.8) is 0 Å². The second kappa shape index (κ2) is 4.59. The lowest BCUT2D eigenvalue weighted by molar-refractivity contribution is -0.143. The van der Waals surface area contributed by atoms with Crippen molar-refractivity contribution in [2.75, 3.05) is 13.2 Å². The molecule has 0 spiro atoms. The summed E-state index contributed by atoms with van der Waals surface area (Å²) in [4.78, 5) is 22.3. The number of amides is 1. The zero-order chi connectivity index (χ0) is 11.5. The summed E-state index contributed by atoms with van der Waals surface area (Å²) < 4.78 is 0. The lowest BCUT2D eigenvalue weighted by atomic mass is 10.1. The molecule has 0 aromatic carbocycles. The number of carbonyl (C=O) groups is 2. The first-order chi connectivity index (χ1) is 7.05. The maximum Gasteiger partial charge on any atom is 0.326 e. The highest BCUT2D eigenvalue weighted by Gasteiger charge is 2.49. The topological polar surface area (TPSA) is 113 Å². The number of carbonyl (C=O) groups excluding carboxylic acids is 1. The van der Waals surface area contributed by atoms with E-state index in [1.807, 2.05) is 0 Å². The lowest BCUT2D eigenvalue weighted by Crippen LogP contribution is -2.46. The van der Waals surface area contributed by atoms with Crippen molar-refractivity contribution in [2.45, 2.75) is 25.3 Å². The molecule has 0 aromatic heterocycles. The van der Waals surface area contributed by atoms with Crippen molar-refractivity contribution >= 4 is 11.9 Å². The molecule has 15 heavy (non-hydrogen) atoms. The molecule has 0 heterocycles. The second-order valence-corrected chi connectivity index (χ2v) is 3.86. The van der Waals surface area contributed by atoms with Crippen LogP contribution in [-0.2, 0) is 9.59 Å². The van der Waals surface area contributed by atoms with Crippen LogP contribution in [0.2, 0.25) is 0 Å². The Bertz CT molecular complexity index is 263. The molecule has 6 nitrogen and oxygen atoms in total. The van der Waals surface area contributed by atoms with Crippen LogP contribution in [0, 0.1) is 5.41 Å². The van der Waals surface area contributed by atoms with Crippen LogP contribution in [0.15, 0.2) is 0 Å². The number of carboxylic acid groups (broad SMARTS) is 1. The van der Waals surface area contributed by atoms with Crippen LogP contribution in [-0.4, -0.2) is 41.3 Å². The van der Waals surface area contributed by atoms with Crippen molar-refractivity contribution in [3.05, 3.63) is 0 Å². The van der Waals surface area contributed by atoms with E-state index >= 15 is 0 Å². The van der Waals surface area contributed by atoms with E-state index in [4.69, 9.17) is 15.9 Å². The van der Waals surface area contributed by atoms with E-state index < -0.39 is 17.4 Å². The van der Waals surface area contributed by atoms with Gasteiger partial charge in [0.05, 0.1) is 5.41 Å². The molecule has 1 aliphatic carbocycles. The molecule has 1 amide bonds. The standard InChI is InChI=1S/C9H16N2O4/c10-5-9(2-3-9)8(15)11-6(1-4-12)7(13)14/h6,12H,1-5,10H2,(H,11,15)(H,13,14)/t6-/m0/s1. The summed E-state index contributed by atoms with van der Waals surface area (Å²) in [7, 11) is 0. The SMILES string of the molecule is NCC1(C(=O)N[C@@H](CCO)C(=O)O)CC1. The van der Waals surface area contributed by atoms with Crippen LogP contribution in [0.3, 0.4) is 0 Å². The highest BCUT2D eigenvalue weighted by molar-refractivity contribution is 5.89. The second-order valence-electron chi connectivity index (χ2n) is 3.86. The predicted octanol–water partition coefficient (Wildman–Crippen LogP) is -1.32. The Balaban J connectivity index is 2.51. The van der Waals surface area contributed by atoms with E-state index in [0.29, 0.717) is 12.8 Å². The van der Waals surface area contributed by atoms with Gasteiger partial charge >= 0.3 is 5.97 Å². The molecule has 1 saturated carbocycles. The average molecular weight is 216 g/mol. The van der Waals surface area contributed by atoms with E-state index in [-0.39, 0.29) is 25.5 Å². The van der Waals surface area contributed by atoms with Crippen molar-refractivity contribution in [2.24, 2.45) is 11.1 Å². The Morgan fingerprint density at radius 1 is 1.47 bits per heavy atom. The van der Waals surface area contributed by atoms with Crippen molar-refractivity contribution in [1.29, 1.82) is 0 Å². The number of nitrogens with two attached hydrogens (primary N) is 1. The van der Waals surface area contributed by atoms with Crippen LogP contribution in [0.4, 0.5) is 0 Å². The number of aliphatic hydroxyl groups excluding tert-OH is 1. The molecule has 1 fully saturated rings. The van der Waals surface area contributed by atoms with Crippen molar-refractivity contribution in [3.8, 4) is 0 Å². The van der Waals surface area contributed by atoms with Gasteiger partial charge in [0.15, 0.2) is 0 Å². The summed E-state index contributed by atoms with van der Waals surface area (Å²) >= 11 is 0. The summed E-state index contributed by atoms with van der Waals surface area (Å²) in [6.07, 6.45) is 1.43. The summed E-state index contributed by atoms with van der Waals surface area (Å²) in [6.45, 7) is -0.0306. The Morgan fingerprint density at radius 3 is 2.40 bits per heavy atom. The minimum atomic E-state index is -1.13. The van der Waals surface area contributed by atoms with Gasteiger partial charge in [-0.2, -0.15) is 0 Å². The third kappa shape index (κ3) is 2.66. The molecule has 5 N–H and O–H groups in total. The van der Waals surface area contributed by atoms with E-state index in [1.165, 1.54) is 0 Å².